The van der Waals surface area contributed by atoms with E-state index >= 15 is 0 Å². The van der Waals surface area contributed by atoms with Crippen LogP contribution in [0.25, 0.3) is 0 Å². The van der Waals surface area contributed by atoms with Gasteiger partial charge < -0.3 is 4.74 Å². The highest BCUT2D eigenvalue weighted by Crippen LogP contribution is 2.10. The Morgan fingerprint density at radius 1 is 1.18 bits per heavy atom. The number of guanidine groups is 1. The monoisotopic (exact) mass is 300 g/mol. The maximum atomic E-state index is 5.91. The summed E-state index contributed by atoms with van der Waals surface area (Å²) in [6.07, 6.45) is 0.861. The Balaban J connectivity index is 1.89. The van der Waals surface area contributed by atoms with Crippen molar-refractivity contribution in [2.24, 2.45) is 5.73 Å². The maximum Gasteiger partial charge on any atom is 0.348 e. The van der Waals surface area contributed by atoms with Gasteiger partial charge in [-0.25, -0.2) is 15.3 Å². The SMILES string of the molecule is COc1ccc(CC[NH+]=C(N)Nc2nc(C)cc(C)n2)cc1. The van der Waals surface area contributed by atoms with Crippen LogP contribution in [-0.4, -0.2) is 29.6 Å². The molecule has 0 saturated carbocycles. The lowest BCUT2D eigenvalue weighted by Gasteiger charge is -2.02. The highest BCUT2D eigenvalue weighted by atomic mass is 16.5. The molecule has 0 aliphatic carbocycles. The quantitative estimate of drug-likeness (QED) is 0.540. The van der Waals surface area contributed by atoms with Crippen LogP contribution in [0.1, 0.15) is 17.0 Å². The zero-order valence-corrected chi connectivity index (χ0v) is 13.2. The first-order chi connectivity index (χ1) is 10.6. The molecule has 0 amide bonds. The van der Waals surface area contributed by atoms with Gasteiger partial charge in [-0.05, 0) is 37.6 Å². The van der Waals surface area contributed by atoms with E-state index in [0.29, 0.717) is 11.9 Å². The molecule has 1 aromatic heterocycles. The molecule has 0 saturated heterocycles. The van der Waals surface area contributed by atoms with E-state index in [9.17, 15) is 0 Å². The van der Waals surface area contributed by atoms with Crippen LogP contribution in [0.15, 0.2) is 30.3 Å². The van der Waals surface area contributed by atoms with Crippen molar-refractivity contribution in [3.63, 3.8) is 0 Å². The molecule has 1 heterocycles. The second-order valence-corrected chi connectivity index (χ2v) is 5.04. The zero-order chi connectivity index (χ0) is 15.9. The molecule has 2 rings (SSSR count). The number of benzene rings is 1. The summed E-state index contributed by atoms with van der Waals surface area (Å²) in [5.41, 5.74) is 8.93. The van der Waals surface area contributed by atoms with Crippen molar-refractivity contribution in [2.45, 2.75) is 20.3 Å². The first-order valence-corrected chi connectivity index (χ1v) is 7.15. The highest BCUT2D eigenvalue weighted by molar-refractivity contribution is 5.85. The van der Waals surface area contributed by atoms with Gasteiger partial charge in [-0.1, -0.05) is 12.1 Å². The Morgan fingerprint density at radius 3 is 2.41 bits per heavy atom. The lowest BCUT2D eigenvalue weighted by molar-refractivity contribution is -0.457. The second-order valence-electron chi connectivity index (χ2n) is 5.04. The molecule has 0 aliphatic heterocycles. The molecular formula is C16H22N5O+. The molecule has 0 fully saturated rings. The van der Waals surface area contributed by atoms with Crippen molar-refractivity contribution in [1.82, 2.24) is 9.97 Å². The number of anilines is 1. The number of nitrogens with one attached hydrogen (secondary N) is 2. The molecule has 0 bridgehead atoms. The fourth-order valence-corrected chi connectivity index (χ4v) is 2.08. The zero-order valence-electron chi connectivity index (χ0n) is 13.2. The maximum absolute atomic E-state index is 5.91. The predicted octanol–water partition coefficient (Wildman–Crippen LogP) is 0.152. The Morgan fingerprint density at radius 2 is 1.82 bits per heavy atom. The van der Waals surface area contributed by atoms with Crippen molar-refractivity contribution in [2.75, 3.05) is 19.0 Å². The largest absolute Gasteiger partial charge is 0.497 e. The molecule has 2 aromatic rings. The van der Waals surface area contributed by atoms with E-state index in [0.717, 1.165) is 30.1 Å². The Bertz CT molecular complexity index is 632. The van der Waals surface area contributed by atoms with E-state index < -0.39 is 0 Å². The molecule has 116 valence electrons. The van der Waals surface area contributed by atoms with E-state index in [1.54, 1.807) is 7.11 Å². The number of hydrogen-bond acceptors (Lipinski definition) is 3. The predicted molar refractivity (Wildman–Crippen MR) is 86.9 cm³/mol. The summed E-state index contributed by atoms with van der Waals surface area (Å²) in [6, 6.07) is 9.89. The molecule has 6 heteroatoms. The van der Waals surface area contributed by atoms with Gasteiger partial charge in [0.25, 0.3) is 5.95 Å². The van der Waals surface area contributed by atoms with Crippen LogP contribution < -0.4 is 20.8 Å². The van der Waals surface area contributed by atoms with Crippen molar-refractivity contribution in [3.05, 3.63) is 47.3 Å². The third kappa shape index (κ3) is 4.73. The van der Waals surface area contributed by atoms with Crippen LogP contribution in [0.5, 0.6) is 5.75 Å². The third-order valence-electron chi connectivity index (χ3n) is 3.12. The molecule has 22 heavy (non-hydrogen) atoms. The number of aryl methyl sites for hydroxylation is 2. The lowest BCUT2D eigenvalue weighted by atomic mass is 10.1. The first kappa shape index (κ1) is 15.8. The third-order valence-corrected chi connectivity index (χ3v) is 3.12. The Kier molecular flexibility index (Phi) is 5.30. The van der Waals surface area contributed by atoms with Gasteiger partial charge in [-0.2, -0.15) is 0 Å². The van der Waals surface area contributed by atoms with Gasteiger partial charge >= 0.3 is 5.96 Å². The van der Waals surface area contributed by atoms with Crippen LogP contribution in [0.2, 0.25) is 0 Å². The molecular weight excluding hydrogens is 278 g/mol. The summed E-state index contributed by atoms with van der Waals surface area (Å²) in [6.45, 7) is 4.57. The van der Waals surface area contributed by atoms with Gasteiger partial charge in [0.15, 0.2) is 0 Å². The van der Waals surface area contributed by atoms with Crippen molar-refractivity contribution in [1.29, 1.82) is 0 Å². The fraction of sp³-hybridized carbons (Fsp3) is 0.312. The molecule has 0 radical (unpaired) electrons. The van der Waals surface area contributed by atoms with Gasteiger partial charge in [-0.15, -0.1) is 0 Å². The van der Waals surface area contributed by atoms with E-state index in [1.807, 2.05) is 44.2 Å². The highest BCUT2D eigenvalue weighted by Gasteiger charge is 2.06. The summed E-state index contributed by atoms with van der Waals surface area (Å²) >= 11 is 0. The van der Waals surface area contributed by atoms with Crippen molar-refractivity contribution < 1.29 is 9.73 Å². The van der Waals surface area contributed by atoms with Gasteiger partial charge in [0.1, 0.15) is 5.75 Å². The second kappa shape index (κ2) is 7.40. The molecule has 6 nitrogen and oxygen atoms in total. The number of nitrogens with zero attached hydrogens (tertiary/aromatic N) is 2. The number of rotatable bonds is 5. The summed E-state index contributed by atoms with van der Waals surface area (Å²) in [4.78, 5) is 11.7. The molecule has 0 atom stereocenters. The summed E-state index contributed by atoms with van der Waals surface area (Å²) in [7, 11) is 1.66. The molecule has 4 N–H and O–H groups in total. The minimum absolute atomic E-state index is 0.443. The Labute approximate surface area is 130 Å². The number of aromatic nitrogens is 2. The molecule has 0 spiro atoms. The standard InChI is InChI=1S/C16H21N5O/c1-11-10-12(2)20-16(19-11)21-15(17)18-9-8-13-4-6-14(22-3)7-5-13/h4-7,10H,8-9H2,1-3H3,(H3,17,18,19,20,21)/p+1. The minimum atomic E-state index is 0.443. The molecule has 1 aromatic carbocycles. The summed E-state index contributed by atoms with van der Waals surface area (Å²) in [5, 5.41) is 2.97. The lowest BCUT2D eigenvalue weighted by Crippen LogP contribution is -2.77. The van der Waals surface area contributed by atoms with Crippen LogP contribution in [-0.2, 0) is 6.42 Å². The van der Waals surface area contributed by atoms with Gasteiger partial charge in [0.05, 0.1) is 13.7 Å². The van der Waals surface area contributed by atoms with Gasteiger partial charge in [0, 0.05) is 17.8 Å². The van der Waals surface area contributed by atoms with E-state index in [1.165, 1.54) is 5.56 Å². The van der Waals surface area contributed by atoms with E-state index in [4.69, 9.17) is 10.5 Å². The summed E-state index contributed by atoms with van der Waals surface area (Å²) in [5.74, 6) is 1.81. The number of hydrogen-bond donors (Lipinski definition) is 3. The molecule has 0 unspecified atom stereocenters. The van der Waals surface area contributed by atoms with Crippen LogP contribution in [0, 0.1) is 13.8 Å². The molecule has 0 aliphatic rings. The topological polar surface area (TPSA) is 87.0 Å². The first-order valence-electron chi connectivity index (χ1n) is 7.15. The van der Waals surface area contributed by atoms with Crippen LogP contribution >= 0.6 is 0 Å². The van der Waals surface area contributed by atoms with Crippen LogP contribution in [0.4, 0.5) is 5.95 Å². The normalized spacial score (nSPS) is 11.3. The Hall–Kier alpha value is -2.63. The van der Waals surface area contributed by atoms with Crippen molar-refractivity contribution in [3.8, 4) is 5.75 Å². The van der Waals surface area contributed by atoms with Crippen LogP contribution in [0.3, 0.4) is 0 Å². The smallest absolute Gasteiger partial charge is 0.348 e. The van der Waals surface area contributed by atoms with Gasteiger partial charge in [-0.3, -0.25) is 10.7 Å². The number of nitrogens with two attached hydrogens (primary N) is 1. The number of methoxy groups -OCH3 is 1. The number of ether oxygens (including phenoxy) is 1. The average Bonchev–Trinajstić information content (AvgIpc) is 2.47. The fourth-order valence-electron chi connectivity index (χ4n) is 2.08. The van der Waals surface area contributed by atoms with E-state index in [-0.39, 0.29) is 0 Å². The average molecular weight is 300 g/mol. The minimum Gasteiger partial charge on any atom is -0.497 e. The van der Waals surface area contributed by atoms with Gasteiger partial charge in [0.2, 0.25) is 0 Å². The van der Waals surface area contributed by atoms with E-state index in [2.05, 4.69) is 20.3 Å². The van der Waals surface area contributed by atoms with Crippen molar-refractivity contribution >= 4 is 11.9 Å². The summed E-state index contributed by atoms with van der Waals surface area (Å²) < 4.78 is 5.13.